The Bertz CT molecular complexity index is 443. The maximum atomic E-state index is 2.33. The van der Waals surface area contributed by atoms with E-state index in [4.69, 9.17) is 0 Å². The molecular weight excluding hydrogens is 216 g/mol. The number of hydrogen-bond donors (Lipinski definition) is 0. The highest BCUT2D eigenvalue weighted by molar-refractivity contribution is 5.35. The van der Waals surface area contributed by atoms with Crippen molar-refractivity contribution >= 4 is 0 Å². The summed E-state index contributed by atoms with van der Waals surface area (Å²) in [6.45, 7) is 9.31. The molecule has 0 nitrogen and oxygen atoms in total. The van der Waals surface area contributed by atoms with Crippen LogP contribution in [0, 0.1) is 0 Å². The lowest BCUT2D eigenvalue weighted by Crippen LogP contribution is -2.40. The molecule has 0 saturated carbocycles. The SMILES string of the molecule is CC(C)(c1ccccc1)C(C)(C)c1ccccc1. The zero-order chi connectivity index (χ0) is 13.2. The summed E-state index contributed by atoms with van der Waals surface area (Å²) >= 11 is 0. The molecule has 0 spiro atoms. The Hall–Kier alpha value is -1.56. The van der Waals surface area contributed by atoms with Gasteiger partial charge >= 0.3 is 0 Å². The standard InChI is InChI=1S/C18H22/c1-17(2,15-11-7-5-8-12-15)18(3,4)16-13-9-6-10-14-16/h5-14H,1-4H3. The molecule has 0 aromatic heterocycles. The number of hydrogen-bond acceptors (Lipinski definition) is 0. The van der Waals surface area contributed by atoms with Crippen molar-refractivity contribution in [2.24, 2.45) is 0 Å². The molecule has 94 valence electrons. The van der Waals surface area contributed by atoms with E-state index >= 15 is 0 Å². The second-order valence-corrected chi connectivity index (χ2v) is 5.98. The van der Waals surface area contributed by atoms with Gasteiger partial charge in [0.05, 0.1) is 0 Å². The van der Waals surface area contributed by atoms with Crippen LogP contribution in [0.25, 0.3) is 0 Å². The summed E-state index contributed by atoms with van der Waals surface area (Å²) < 4.78 is 0. The first-order valence-corrected chi connectivity index (χ1v) is 6.57. The van der Waals surface area contributed by atoms with Gasteiger partial charge < -0.3 is 0 Å². The zero-order valence-electron chi connectivity index (χ0n) is 11.8. The summed E-state index contributed by atoms with van der Waals surface area (Å²) in [7, 11) is 0. The van der Waals surface area contributed by atoms with Crippen LogP contribution in [-0.4, -0.2) is 0 Å². The van der Waals surface area contributed by atoms with Gasteiger partial charge in [-0.2, -0.15) is 0 Å². The summed E-state index contributed by atoms with van der Waals surface area (Å²) in [5.41, 5.74) is 2.96. The Morgan fingerprint density at radius 2 is 0.778 bits per heavy atom. The molecule has 0 bridgehead atoms. The predicted octanol–water partition coefficient (Wildman–Crippen LogP) is 4.94. The molecule has 0 atom stereocenters. The maximum Gasteiger partial charge on any atom is -0.00120 e. The first kappa shape index (κ1) is 12.9. The Morgan fingerprint density at radius 1 is 0.500 bits per heavy atom. The van der Waals surface area contributed by atoms with Gasteiger partial charge in [0.1, 0.15) is 0 Å². The van der Waals surface area contributed by atoms with Gasteiger partial charge in [-0.05, 0) is 22.0 Å². The third kappa shape index (κ3) is 2.08. The lowest BCUT2D eigenvalue weighted by Gasteiger charge is -2.43. The second-order valence-electron chi connectivity index (χ2n) is 5.98. The molecule has 0 unspecified atom stereocenters. The van der Waals surface area contributed by atoms with Crippen LogP contribution in [0.1, 0.15) is 38.8 Å². The van der Waals surface area contributed by atoms with E-state index in [1.165, 1.54) is 11.1 Å². The molecule has 0 fully saturated rings. The lowest BCUT2D eigenvalue weighted by atomic mass is 9.61. The third-order valence-corrected chi connectivity index (χ3v) is 4.55. The predicted molar refractivity (Wildman–Crippen MR) is 78.9 cm³/mol. The summed E-state index contributed by atoms with van der Waals surface area (Å²) in [5.74, 6) is 0. The minimum Gasteiger partial charge on any atom is -0.0622 e. The fraction of sp³-hybridized carbons (Fsp3) is 0.333. The first-order chi connectivity index (χ1) is 8.46. The molecular formula is C18H22. The lowest BCUT2D eigenvalue weighted by molar-refractivity contribution is 0.303. The van der Waals surface area contributed by atoms with Gasteiger partial charge in [0.15, 0.2) is 0 Å². The van der Waals surface area contributed by atoms with E-state index in [0.717, 1.165) is 0 Å². The molecule has 0 saturated heterocycles. The molecule has 0 aliphatic heterocycles. The quantitative estimate of drug-likeness (QED) is 0.710. The van der Waals surface area contributed by atoms with Crippen molar-refractivity contribution < 1.29 is 0 Å². The molecule has 0 radical (unpaired) electrons. The minimum absolute atomic E-state index is 0.0929. The van der Waals surface area contributed by atoms with Crippen LogP contribution in [0.4, 0.5) is 0 Å². The van der Waals surface area contributed by atoms with Gasteiger partial charge in [0.2, 0.25) is 0 Å². The van der Waals surface area contributed by atoms with E-state index < -0.39 is 0 Å². The van der Waals surface area contributed by atoms with Gasteiger partial charge in [-0.3, -0.25) is 0 Å². The van der Waals surface area contributed by atoms with Gasteiger partial charge in [-0.1, -0.05) is 88.4 Å². The van der Waals surface area contributed by atoms with Crippen molar-refractivity contribution in [2.45, 2.75) is 38.5 Å². The van der Waals surface area contributed by atoms with Gasteiger partial charge in [-0.15, -0.1) is 0 Å². The summed E-state index contributed by atoms with van der Waals surface area (Å²) in [5, 5.41) is 0. The largest absolute Gasteiger partial charge is 0.0622 e. The van der Waals surface area contributed by atoms with Crippen molar-refractivity contribution in [3.63, 3.8) is 0 Å². The monoisotopic (exact) mass is 238 g/mol. The van der Waals surface area contributed by atoms with Crippen molar-refractivity contribution in [3.05, 3.63) is 71.8 Å². The average molecular weight is 238 g/mol. The van der Waals surface area contributed by atoms with E-state index in [1.54, 1.807) is 0 Å². The summed E-state index contributed by atoms with van der Waals surface area (Å²) in [4.78, 5) is 0. The fourth-order valence-corrected chi connectivity index (χ4v) is 2.43. The number of benzene rings is 2. The van der Waals surface area contributed by atoms with Crippen LogP contribution in [0.3, 0.4) is 0 Å². The zero-order valence-corrected chi connectivity index (χ0v) is 11.8. The molecule has 18 heavy (non-hydrogen) atoms. The van der Waals surface area contributed by atoms with E-state index in [9.17, 15) is 0 Å². The third-order valence-electron chi connectivity index (χ3n) is 4.55. The maximum absolute atomic E-state index is 2.33. The van der Waals surface area contributed by atoms with E-state index in [-0.39, 0.29) is 10.8 Å². The highest BCUT2D eigenvalue weighted by Crippen LogP contribution is 2.43. The van der Waals surface area contributed by atoms with Crippen LogP contribution in [0.5, 0.6) is 0 Å². The van der Waals surface area contributed by atoms with Crippen molar-refractivity contribution in [3.8, 4) is 0 Å². The molecule has 0 heterocycles. The fourth-order valence-electron chi connectivity index (χ4n) is 2.43. The molecule has 2 aromatic carbocycles. The Labute approximate surface area is 111 Å². The average Bonchev–Trinajstić information content (AvgIpc) is 2.40. The molecule has 0 heteroatoms. The van der Waals surface area contributed by atoms with E-state index in [2.05, 4.69) is 88.4 Å². The summed E-state index contributed by atoms with van der Waals surface area (Å²) in [6.07, 6.45) is 0. The van der Waals surface area contributed by atoms with Crippen molar-refractivity contribution in [1.29, 1.82) is 0 Å². The van der Waals surface area contributed by atoms with Crippen molar-refractivity contribution in [2.75, 3.05) is 0 Å². The molecule has 2 aromatic rings. The molecule has 0 aliphatic carbocycles. The normalized spacial score (nSPS) is 12.4. The van der Waals surface area contributed by atoms with Gasteiger partial charge in [0.25, 0.3) is 0 Å². The first-order valence-electron chi connectivity index (χ1n) is 6.57. The van der Waals surface area contributed by atoms with Crippen LogP contribution in [0.2, 0.25) is 0 Å². The molecule has 0 aliphatic rings. The Morgan fingerprint density at radius 3 is 1.06 bits per heavy atom. The van der Waals surface area contributed by atoms with Crippen LogP contribution in [0.15, 0.2) is 60.7 Å². The molecule has 0 amide bonds. The van der Waals surface area contributed by atoms with Crippen LogP contribution >= 0.6 is 0 Å². The van der Waals surface area contributed by atoms with E-state index in [0.29, 0.717) is 0 Å². The second kappa shape index (κ2) is 4.61. The number of rotatable bonds is 3. The minimum atomic E-state index is 0.0929. The topological polar surface area (TPSA) is 0 Å². The Kier molecular flexibility index (Phi) is 3.30. The van der Waals surface area contributed by atoms with Crippen LogP contribution in [-0.2, 0) is 10.8 Å². The van der Waals surface area contributed by atoms with Gasteiger partial charge in [-0.25, -0.2) is 0 Å². The smallest absolute Gasteiger partial charge is 0.00120 e. The van der Waals surface area contributed by atoms with E-state index in [1.807, 2.05) is 0 Å². The van der Waals surface area contributed by atoms with Crippen molar-refractivity contribution in [1.82, 2.24) is 0 Å². The van der Waals surface area contributed by atoms with Crippen LogP contribution < -0.4 is 0 Å². The highest BCUT2D eigenvalue weighted by Gasteiger charge is 2.39. The highest BCUT2D eigenvalue weighted by atomic mass is 14.4. The van der Waals surface area contributed by atoms with Gasteiger partial charge in [0, 0.05) is 0 Å². The molecule has 0 N–H and O–H groups in total. The Balaban J connectivity index is 2.47. The molecule has 2 rings (SSSR count). The summed E-state index contributed by atoms with van der Waals surface area (Å²) in [6, 6.07) is 21.6.